The molecule has 1 unspecified atom stereocenters. The van der Waals surface area contributed by atoms with Gasteiger partial charge < -0.3 is 10.1 Å². The summed E-state index contributed by atoms with van der Waals surface area (Å²) in [5.41, 5.74) is 1.38. The molecule has 74 valence electrons. The fraction of sp³-hybridized carbons (Fsp3) is 0.600. The number of hydrogen-bond acceptors (Lipinski definition) is 3. The molecule has 1 aromatic rings. The van der Waals surface area contributed by atoms with Crippen molar-refractivity contribution < 1.29 is 4.74 Å². The lowest BCUT2D eigenvalue weighted by molar-refractivity contribution is 0.172. The molecule has 0 aromatic carbocycles. The number of thiophene rings is 1. The van der Waals surface area contributed by atoms with Crippen molar-refractivity contribution >= 4 is 11.3 Å². The van der Waals surface area contributed by atoms with Crippen molar-refractivity contribution in [3.63, 3.8) is 0 Å². The molecule has 0 aliphatic carbocycles. The molecule has 0 bridgehead atoms. The number of rotatable bonds is 5. The molecule has 0 saturated carbocycles. The van der Waals surface area contributed by atoms with Gasteiger partial charge >= 0.3 is 0 Å². The van der Waals surface area contributed by atoms with E-state index in [2.05, 4.69) is 30.6 Å². The summed E-state index contributed by atoms with van der Waals surface area (Å²) in [6.45, 7) is 6.00. The number of hydrogen-bond donors (Lipinski definition) is 1. The predicted molar refractivity (Wildman–Crippen MR) is 57.2 cm³/mol. The number of aryl methyl sites for hydroxylation is 1. The van der Waals surface area contributed by atoms with Crippen LogP contribution in [0.5, 0.6) is 0 Å². The number of ether oxygens (including phenoxy) is 1. The Kier molecular flexibility index (Phi) is 4.42. The largest absolute Gasteiger partial charge is 0.383 e. The fourth-order valence-corrected chi connectivity index (χ4v) is 2.02. The van der Waals surface area contributed by atoms with Crippen molar-refractivity contribution in [3.05, 3.63) is 21.9 Å². The van der Waals surface area contributed by atoms with Crippen LogP contribution in [0.2, 0.25) is 0 Å². The lowest BCUT2D eigenvalue weighted by Crippen LogP contribution is -2.29. The fourth-order valence-electron chi connectivity index (χ4n) is 1.16. The summed E-state index contributed by atoms with van der Waals surface area (Å²) in [5, 5.41) is 5.54. The maximum absolute atomic E-state index is 5.04. The monoisotopic (exact) mass is 199 g/mol. The van der Waals surface area contributed by atoms with Crippen molar-refractivity contribution in [2.75, 3.05) is 13.7 Å². The van der Waals surface area contributed by atoms with Crippen molar-refractivity contribution in [2.45, 2.75) is 26.4 Å². The predicted octanol–water partition coefficient (Wildman–Crippen LogP) is 2.18. The molecular formula is C10H17NOS. The Balaban J connectivity index is 2.30. The number of nitrogens with one attached hydrogen (secondary N) is 1. The number of methoxy groups -OCH3 is 1. The molecule has 0 fully saturated rings. The van der Waals surface area contributed by atoms with Gasteiger partial charge in [0.05, 0.1) is 6.61 Å². The van der Waals surface area contributed by atoms with E-state index in [-0.39, 0.29) is 0 Å². The summed E-state index contributed by atoms with van der Waals surface area (Å²) in [4.78, 5) is 1.42. The Morgan fingerprint density at radius 1 is 1.62 bits per heavy atom. The molecule has 3 heteroatoms. The van der Waals surface area contributed by atoms with E-state index < -0.39 is 0 Å². The molecule has 1 heterocycles. The van der Waals surface area contributed by atoms with E-state index in [4.69, 9.17) is 4.74 Å². The van der Waals surface area contributed by atoms with Gasteiger partial charge in [-0.25, -0.2) is 0 Å². The molecular weight excluding hydrogens is 182 g/mol. The Bertz CT molecular complexity index is 247. The second kappa shape index (κ2) is 5.37. The van der Waals surface area contributed by atoms with Gasteiger partial charge in [-0.2, -0.15) is 0 Å². The van der Waals surface area contributed by atoms with Crippen molar-refractivity contribution in [3.8, 4) is 0 Å². The third-order valence-electron chi connectivity index (χ3n) is 2.00. The molecule has 1 atom stereocenters. The van der Waals surface area contributed by atoms with E-state index in [0.717, 1.165) is 13.2 Å². The summed E-state index contributed by atoms with van der Waals surface area (Å²) in [6, 6.07) is 2.58. The van der Waals surface area contributed by atoms with Crippen LogP contribution in [0.3, 0.4) is 0 Å². The Morgan fingerprint density at radius 3 is 2.92 bits per heavy atom. The second-order valence-electron chi connectivity index (χ2n) is 3.26. The first-order valence-electron chi connectivity index (χ1n) is 4.49. The highest BCUT2D eigenvalue weighted by atomic mass is 32.1. The maximum Gasteiger partial charge on any atom is 0.0613 e. The molecule has 13 heavy (non-hydrogen) atoms. The molecule has 0 spiro atoms. The Morgan fingerprint density at radius 2 is 2.38 bits per heavy atom. The van der Waals surface area contributed by atoms with Gasteiger partial charge in [0.15, 0.2) is 0 Å². The van der Waals surface area contributed by atoms with E-state index in [1.165, 1.54) is 10.4 Å². The van der Waals surface area contributed by atoms with Gasteiger partial charge in [0.2, 0.25) is 0 Å². The van der Waals surface area contributed by atoms with E-state index in [9.17, 15) is 0 Å². The highest BCUT2D eigenvalue weighted by Gasteiger charge is 2.02. The summed E-state index contributed by atoms with van der Waals surface area (Å²) in [7, 11) is 1.73. The first kappa shape index (κ1) is 10.7. The Labute approximate surface area is 83.9 Å². The molecule has 0 amide bonds. The van der Waals surface area contributed by atoms with E-state index in [1.54, 1.807) is 18.4 Å². The standard InChI is InChI=1S/C10H17NOS/c1-8-4-5-13-10(8)6-11-9(2)7-12-3/h4-5,9,11H,6-7H2,1-3H3. The summed E-state index contributed by atoms with van der Waals surface area (Å²) >= 11 is 1.81. The molecule has 1 rings (SSSR count). The van der Waals surface area contributed by atoms with Crippen LogP contribution in [0.1, 0.15) is 17.4 Å². The van der Waals surface area contributed by atoms with Crippen LogP contribution >= 0.6 is 11.3 Å². The average molecular weight is 199 g/mol. The van der Waals surface area contributed by atoms with Crippen molar-refractivity contribution in [1.29, 1.82) is 0 Å². The molecule has 0 aliphatic rings. The summed E-state index contributed by atoms with van der Waals surface area (Å²) < 4.78 is 5.04. The average Bonchev–Trinajstić information content (AvgIpc) is 2.48. The molecule has 1 aromatic heterocycles. The van der Waals surface area contributed by atoms with Gasteiger partial charge in [0, 0.05) is 24.6 Å². The van der Waals surface area contributed by atoms with Crippen LogP contribution in [-0.2, 0) is 11.3 Å². The van der Waals surface area contributed by atoms with Crippen molar-refractivity contribution in [2.24, 2.45) is 0 Å². The van der Waals surface area contributed by atoms with Gasteiger partial charge in [-0.05, 0) is 30.9 Å². The third-order valence-corrected chi connectivity index (χ3v) is 3.02. The SMILES string of the molecule is COCC(C)NCc1sccc1C. The quantitative estimate of drug-likeness (QED) is 0.785. The molecule has 0 aliphatic heterocycles. The van der Waals surface area contributed by atoms with Crippen LogP contribution in [0, 0.1) is 6.92 Å². The highest BCUT2D eigenvalue weighted by molar-refractivity contribution is 7.10. The summed E-state index contributed by atoms with van der Waals surface area (Å²) in [6.07, 6.45) is 0. The van der Waals surface area contributed by atoms with Crippen LogP contribution in [-0.4, -0.2) is 19.8 Å². The van der Waals surface area contributed by atoms with Crippen LogP contribution in [0.4, 0.5) is 0 Å². The zero-order valence-electron chi connectivity index (χ0n) is 8.46. The van der Waals surface area contributed by atoms with Crippen molar-refractivity contribution in [1.82, 2.24) is 5.32 Å². The van der Waals surface area contributed by atoms with E-state index in [0.29, 0.717) is 6.04 Å². The first-order valence-corrected chi connectivity index (χ1v) is 5.37. The maximum atomic E-state index is 5.04. The smallest absolute Gasteiger partial charge is 0.0613 e. The third kappa shape index (κ3) is 3.46. The lowest BCUT2D eigenvalue weighted by atomic mass is 10.3. The minimum absolute atomic E-state index is 0.423. The highest BCUT2D eigenvalue weighted by Crippen LogP contribution is 2.14. The van der Waals surface area contributed by atoms with Crippen LogP contribution < -0.4 is 5.32 Å². The lowest BCUT2D eigenvalue weighted by Gasteiger charge is -2.11. The summed E-state index contributed by atoms with van der Waals surface area (Å²) in [5.74, 6) is 0. The zero-order valence-corrected chi connectivity index (χ0v) is 9.28. The minimum Gasteiger partial charge on any atom is -0.383 e. The molecule has 0 saturated heterocycles. The van der Waals surface area contributed by atoms with Gasteiger partial charge in [-0.3, -0.25) is 0 Å². The second-order valence-corrected chi connectivity index (χ2v) is 4.26. The van der Waals surface area contributed by atoms with Gasteiger partial charge in [0.1, 0.15) is 0 Å². The van der Waals surface area contributed by atoms with Gasteiger partial charge in [-0.1, -0.05) is 0 Å². The molecule has 1 N–H and O–H groups in total. The van der Waals surface area contributed by atoms with E-state index in [1.807, 2.05) is 0 Å². The minimum atomic E-state index is 0.423. The van der Waals surface area contributed by atoms with Crippen LogP contribution in [0.25, 0.3) is 0 Å². The van der Waals surface area contributed by atoms with Crippen LogP contribution in [0.15, 0.2) is 11.4 Å². The zero-order chi connectivity index (χ0) is 9.68. The van der Waals surface area contributed by atoms with Gasteiger partial charge in [-0.15, -0.1) is 11.3 Å². The molecule has 2 nitrogen and oxygen atoms in total. The van der Waals surface area contributed by atoms with Gasteiger partial charge in [0.25, 0.3) is 0 Å². The normalized spacial score (nSPS) is 13.2. The van der Waals surface area contributed by atoms with E-state index >= 15 is 0 Å². The first-order chi connectivity index (χ1) is 6.24. The topological polar surface area (TPSA) is 21.3 Å². The molecule has 0 radical (unpaired) electrons. The Hall–Kier alpha value is -0.380.